The number of aryl methyl sites for hydroxylation is 2. The average Bonchev–Trinajstić information content (AvgIpc) is 2.65. The molecule has 1 heterocycles. The summed E-state index contributed by atoms with van der Waals surface area (Å²) < 4.78 is 65.4. The number of nitrogens with two attached hydrogens (primary N) is 2. The van der Waals surface area contributed by atoms with Crippen molar-refractivity contribution in [3.8, 4) is 0 Å². The van der Waals surface area contributed by atoms with Crippen LogP contribution in [0.4, 0.5) is 4.39 Å². The Hall–Kier alpha value is -2.94. The summed E-state index contributed by atoms with van der Waals surface area (Å²) in [4.78, 5) is 4.50. The lowest BCUT2D eigenvalue weighted by atomic mass is 9.79. The average molecular weight is 518 g/mol. The molecule has 14 heteroatoms. The smallest absolute Gasteiger partial charge is 0.261 e. The highest BCUT2D eigenvalue weighted by atomic mass is 32.2. The van der Waals surface area contributed by atoms with Crippen LogP contribution in [0.2, 0.25) is 0 Å². The molecule has 0 spiro atoms. The van der Waals surface area contributed by atoms with Gasteiger partial charge in [-0.3, -0.25) is 14.1 Å². The quantitative estimate of drug-likeness (QED) is 0.197. The molecule has 1 aliphatic carbocycles. The minimum atomic E-state index is -3.67. The van der Waals surface area contributed by atoms with Gasteiger partial charge in [0.25, 0.3) is 20.2 Å². The molecule has 1 aliphatic rings. The number of aromatic nitrogens is 1. The van der Waals surface area contributed by atoms with E-state index in [2.05, 4.69) is 15.2 Å². The largest absolute Gasteiger partial charge is 0.369 e. The summed E-state index contributed by atoms with van der Waals surface area (Å²) in [5.74, 6) is -0.230. The van der Waals surface area contributed by atoms with Crippen LogP contribution in [0.15, 0.2) is 40.7 Å². The molecule has 11 nitrogen and oxygen atoms in total. The Labute approximate surface area is 198 Å². The predicted octanol–water partition coefficient (Wildman–Crippen LogP) is 1.55. The lowest BCUT2D eigenvalue weighted by Gasteiger charge is -2.27. The zero-order chi connectivity index (χ0) is 26.3. The third-order valence-electron chi connectivity index (χ3n) is 4.37. The molecule has 0 saturated heterocycles. The van der Waals surface area contributed by atoms with E-state index in [9.17, 15) is 21.2 Å². The van der Waals surface area contributed by atoms with Gasteiger partial charge in [-0.25, -0.2) is 4.39 Å². The first-order chi connectivity index (χ1) is 15.5. The van der Waals surface area contributed by atoms with Gasteiger partial charge >= 0.3 is 0 Å². The van der Waals surface area contributed by atoms with Crippen LogP contribution in [0.1, 0.15) is 40.3 Å². The van der Waals surface area contributed by atoms with Crippen molar-refractivity contribution in [2.75, 3.05) is 12.5 Å². The Bertz CT molecular complexity index is 1240. The second-order valence-corrected chi connectivity index (χ2v) is 10.5. The standard InChI is InChI=1S/C18H20FN5.2CH4O3S/c1-10-3-4-13(19)9-14(10)12-7-15-17(11(2)5-6-22-15)16(8-12)23-24-18(20)21;2*1-5(2,3)4/h3-6,9,12H,7-8H2,1-2H3,(H4,20,21,24);2*1H3,(H,2,3,4)/b23-16+;;/t12-;;/m0../s1. The van der Waals surface area contributed by atoms with Crippen LogP contribution in [0, 0.1) is 19.7 Å². The third kappa shape index (κ3) is 11.3. The predicted molar refractivity (Wildman–Crippen MR) is 128 cm³/mol. The van der Waals surface area contributed by atoms with E-state index < -0.39 is 20.2 Å². The molecule has 0 amide bonds. The van der Waals surface area contributed by atoms with Crippen molar-refractivity contribution in [1.82, 2.24) is 4.98 Å². The lowest BCUT2D eigenvalue weighted by molar-refractivity contribution is 0.488. The highest BCUT2D eigenvalue weighted by Crippen LogP contribution is 2.35. The molecule has 6 N–H and O–H groups in total. The van der Waals surface area contributed by atoms with Gasteiger partial charge < -0.3 is 11.5 Å². The molecule has 0 fully saturated rings. The number of benzene rings is 1. The van der Waals surface area contributed by atoms with Gasteiger partial charge in [-0.15, -0.1) is 5.10 Å². The fourth-order valence-electron chi connectivity index (χ4n) is 3.28. The molecule has 1 aromatic carbocycles. The van der Waals surface area contributed by atoms with E-state index in [0.717, 1.165) is 40.1 Å². The fraction of sp³-hybridized carbons (Fsp3) is 0.350. The first-order valence-electron chi connectivity index (χ1n) is 9.67. The molecule has 3 rings (SSSR count). The molecule has 1 aromatic heterocycles. The number of hydrogen-bond donors (Lipinski definition) is 4. The molecule has 0 aliphatic heterocycles. The van der Waals surface area contributed by atoms with Gasteiger partial charge in [0.2, 0.25) is 5.96 Å². The molecule has 0 radical (unpaired) electrons. The monoisotopic (exact) mass is 517 g/mol. The van der Waals surface area contributed by atoms with Crippen molar-refractivity contribution in [3.05, 3.63) is 64.2 Å². The maximum Gasteiger partial charge on any atom is 0.261 e. The number of hydrogen-bond acceptors (Lipinski definition) is 7. The third-order valence-corrected chi connectivity index (χ3v) is 4.37. The fourth-order valence-corrected chi connectivity index (χ4v) is 3.28. The summed E-state index contributed by atoms with van der Waals surface area (Å²) >= 11 is 0. The molecule has 0 saturated carbocycles. The van der Waals surface area contributed by atoms with Crippen LogP contribution in [0.25, 0.3) is 0 Å². The van der Waals surface area contributed by atoms with Crippen LogP contribution >= 0.6 is 0 Å². The van der Waals surface area contributed by atoms with Gasteiger partial charge in [0.1, 0.15) is 5.82 Å². The summed E-state index contributed by atoms with van der Waals surface area (Å²) in [6, 6.07) is 6.82. The van der Waals surface area contributed by atoms with Crippen LogP contribution in [-0.2, 0) is 26.7 Å². The van der Waals surface area contributed by atoms with Gasteiger partial charge in [0.15, 0.2) is 0 Å². The molecule has 188 valence electrons. The Morgan fingerprint density at radius 3 is 2.12 bits per heavy atom. The highest BCUT2D eigenvalue weighted by molar-refractivity contribution is 7.85. The second kappa shape index (κ2) is 12.0. The number of rotatable bonds is 2. The first-order valence-corrected chi connectivity index (χ1v) is 13.4. The summed E-state index contributed by atoms with van der Waals surface area (Å²) in [6.07, 6.45) is 4.59. The van der Waals surface area contributed by atoms with Crippen molar-refractivity contribution in [3.63, 3.8) is 0 Å². The Morgan fingerprint density at radius 1 is 1.03 bits per heavy atom. The molecule has 2 aromatic rings. The van der Waals surface area contributed by atoms with Crippen molar-refractivity contribution < 1.29 is 30.3 Å². The van der Waals surface area contributed by atoms with Gasteiger partial charge in [-0.1, -0.05) is 6.07 Å². The normalized spacial score (nSPS) is 16.3. The summed E-state index contributed by atoms with van der Waals surface area (Å²) in [7, 11) is -7.33. The van der Waals surface area contributed by atoms with E-state index in [1.807, 2.05) is 19.9 Å². The molecular formula is C20H28FN5O6S2. The van der Waals surface area contributed by atoms with E-state index >= 15 is 0 Å². The van der Waals surface area contributed by atoms with Gasteiger partial charge in [-0.05, 0) is 67.5 Å². The molecule has 1 atom stereocenters. The summed E-state index contributed by atoms with van der Waals surface area (Å²) in [5, 5.41) is 8.05. The number of guanidine groups is 1. The van der Waals surface area contributed by atoms with Crippen LogP contribution < -0.4 is 11.5 Å². The van der Waals surface area contributed by atoms with Gasteiger partial charge in [0.05, 0.1) is 23.9 Å². The minimum absolute atomic E-state index is 0.0883. The highest BCUT2D eigenvalue weighted by Gasteiger charge is 2.28. The maximum absolute atomic E-state index is 13.7. The van der Waals surface area contributed by atoms with Crippen molar-refractivity contribution in [2.24, 2.45) is 21.7 Å². The van der Waals surface area contributed by atoms with Gasteiger partial charge in [0, 0.05) is 11.8 Å². The van der Waals surface area contributed by atoms with E-state index in [1.54, 1.807) is 18.3 Å². The van der Waals surface area contributed by atoms with Crippen LogP contribution in [0.5, 0.6) is 0 Å². The maximum atomic E-state index is 13.7. The van der Waals surface area contributed by atoms with Crippen molar-refractivity contribution in [2.45, 2.75) is 32.6 Å². The number of pyridine rings is 1. The SMILES string of the molecule is CS(=O)(=O)O.CS(=O)(=O)O.Cc1ccc(F)cc1[C@@H]1C/C(=N\N=C(N)N)c2c(C)ccnc2C1. The van der Waals surface area contributed by atoms with E-state index in [1.165, 1.54) is 6.07 Å². The number of nitrogens with zero attached hydrogens (tertiary/aromatic N) is 3. The lowest BCUT2D eigenvalue weighted by Crippen LogP contribution is -2.24. The summed E-state index contributed by atoms with van der Waals surface area (Å²) in [6.45, 7) is 4.00. The zero-order valence-corrected chi connectivity index (χ0v) is 20.7. The van der Waals surface area contributed by atoms with Gasteiger partial charge in [-0.2, -0.15) is 21.9 Å². The molecular weight excluding hydrogens is 489 g/mol. The van der Waals surface area contributed by atoms with Crippen LogP contribution in [0.3, 0.4) is 0 Å². The van der Waals surface area contributed by atoms with E-state index in [-0.39, 0.29) is 17.7 Å². The second-order valence-electron chi connectivity index (χ2n) is 7.59. The van der Waals surface area contributed by atoms with Crippen molar-refractivity contribution >= 4 is 31.9 Å². The minimum Gasteiger partial charge on any atom is -0.369 e. The Balaban J connectivity index is 0.000000489. The summed E-state index contributed by atoms with van der Waals surface area (Å²) in [5.41, 5.74) is 16.7. The number of fused-ring (bicyclic) bond motifs is 1. The molecule has 34 heavy (non-hydrogen) atoms. The molecule has 0 bridgehead atoms. The number of halogens is 1. The Kier molecular flexibility index (Phi) is 10.2. The molecule has 0 unspecified atom stereocenters. The van der Waals surface area contributed by atoms with E-state index in [0.29, 0.717) is 18.9 Å². The van der Waals surface area contributed by atoms with Crippen molar-refractivity contribution in [1.29, 1.82) is 0 Å². The topological polar surface area (TPSA) is 198 Å². The Morgan fingerprint density at radius 2 is 1.59 bits per heavy atom. The van der Waals surface area contributed by atoms with Crippen LogP contribution in [-0.4, -0.2) is 55.1 Å². The van der Waals surface area contributed by atoms with E-state index in [4.69, 9.17) is 20.6 Å². The first kappa shape index (κ1) is 29.1. The zero-order valence-electron chi connectivity index (χ0n) is 19.1.